The summed E-state index contributed by atoms with van der Waals surface area (Å²) in [6.45, 7) is 16.7. The fourth-order valence-electron chi connectivity index (χ4n) is 15.2. The minimum Gasteiger partial charge on any atom is -0.455 e. The molecule has 5 saturated carbocycles. The molecule has 8 fully saturated rings. The molecule has 3 aliphatic heterocycles. The van der Waals surface area contributed by atoms with Crippen LogP contribution in [0.5, 0.6) is 0 Å². The van der Waals surface area contributed by atoms with Gasteiger partial charge in [0.2, 0.25) is 0 Å². The first-order chi connectivity index (χ1) is 27.3. The molecule has 8 rings (SSSR count). The van der Waals surface area contributed by atoms with Crippen molar-refractivity contribution in [1.82, 2.24) is 0 Å². The van der Waals surface area contributed by atoms with E-state index in [-0.39, 0.29) is 58.7 Å². The summed E-state index contributed by atoms with van der Waals surface area (Å²) in [7, 11) is 0. The summed E-state index contributed by atoms with van der Waals surface area (Å²) in [6.07, 6.45) is -5.24. The van der Waals surface area contributed by atoms with Gasteiger partial charge >= 0.3 is 11.9 Å². The molecule has 59 heavy (non-hydrogen) atoms. The number of hydrogen-bond donors (Lipinski definition) is 6. The zero-order valence-corrected chi connectivity index (χ0v) is 36.3. The summed E-state index contributed by atoms with van der Waals surface area (Å²) in [4.78, 5) is 24.4. The molecule has 6 N–H and O–H groups in total. The van der Waals surface area contributed by atoms with Crippen molar-refractivity contribution >= 4 is 11.9 Å². The third-order valence-corrected chi connectivity index (χ3v) is 17.8. The summed E-state index contributed by atoms with van der Waals surface area (Å²) >= 11 is 0. The number of carbonyl (C=O) groups is 2. The van der Waals surface area contributed by atoms with E-state index in [1.54, 1.807) is 13.8 Å². The van der Waals surface area contributed by atoms with Gasteiger partial charge in [-0.05, 0) is 117 Å². The van der Waals surface area contributed by atoms with Crippen molar-refractivity contribution in [2.24, 2.45) is 44.8 Å². The lowest BCUT2D eigenvalue weighted by molar-refractivity contribution is -0.327. The highest BCUT2D eigenvalue weighted by molar-refractivity contribution is 5.67. The molecule has 0 aromatic heterocycles. The number of ether oxygens (including phenoxy) is 7. The summed E-state index contributed by atoms with van der Waals surface area (Å²) in [5.74, 6) is -1.47. The Morgan fingerprint density at radius 3 is 1.98 bits per heavy atom. The standard InChI is InChI=1S/C44H70O15/c1-21(45)55-32-25(49)19-54-37(33(32)56-22(2)46)58-28-11-13-44-20-43(44)15-14-40(7)34(42(9)12-10-29(59-42)39(5,6)52)23(47)17-41(40,8)27(43)16-26(35(44)38(28,3)4)57-36-31(51)30(50)24(48)18-53-36/h23-37,47-52H,10-20H2,1-9H3/t23-,24?,25?,26-,27?,28?,29-,30?,31?,32?,33?,34?,35?,36?,37?,40+,41-,42?,43-,44+/m0/s1. The fraction of sp³-hybridized carbons (Fsp3) is 0.955. The van der Waals surface area contributed by atoms with Gasteiger partial charge in [0.1, 0.15) is 24.4 Å². The molecule has 15 nitrogen and oxygen atoms in total. The Morgan fingerprint density at radius 1 is 0.695 bits per heavy atom. The van der Waals surface area contributed by atoms with E-state index < -0.39 is 96.1 Å². The number of aliphatic hydroxyl groups is 6. The van der Waals surface area contributed by atoms with E-state index in [0.717, 1.165) is 32.1 Å². The molecule has 8 aliphatic rings. The normalized spacial score (nSPS) is 54.0. The number of carbonyl (C=O) groups excluding carboxylic acids is 2. The second kappa shape index (κ2) is 14.5. The van der Waals surface area contributed by atoms with Crippen LogP contribution in [0.15, 0.2) is 0 Å². The first kappa shape index (κ1) is 44.1. The van der Waals surface area contributed by atoms with Gasteiger partial charge in [0.15, 0.2) is 24.8 Å². The summed E-state index contributed by atoms with van der Waals surface area (Å²) in [5, 5.41) is 66.3. The van der Waals surface area contributed by atoms with E-state index in [0.29, 0.717) is 25.7 Å². The number of aliphatic hydroxyl groups excluding tert-OH is 5. The van der Waals surface area contributed by atoms with Gasteiger partial charge in [-0.3, -0.25) is 9.59 Å². The van der Waals surface area contributed by atoms with Crippen LogP contribution in [-0.2, 0) is 42.7 Å². The summed E-state index contributed by atoms with van der Waals surface area (Å²) in [6, 6.07) is 0. The molecule has 0 aromatic rings. The van der Waals surface area contributed by atoms with Gasteiger partial charge in [-0.25, -0.2) is 0 Å². The Kier molecular flexibility index (Phi) is 10.9. The van der Waals surface area contributed by atoms with Crippen LogP contribution in [0.25, 0.3) is 0 Å². The topological polar surface area (TPSA) is 220 Å². The van der Waals surface area contributed by atoms with Gasteiger partial charge in [-0.1, -0.05) is 27.7 Å². The van der Waals surface area contributed by atoms with Crippen LogP contribution in [0.3, 0.4) is 0 Å². The summed E-state index contributed by atoms with van der Waals surface area (Å²) in [5.41, 5.74) is -3.16. The van der Waals surface area contributed by atoms with E-state index in [1.807, 2.05) is 0 Å². The van der Waals surface area contributed by atoms with E-state index in [2.05, 4.69) is 34.6 Å². The molecule has 2 spiro atoms. The van der Waals surface area contributed by atoms with Crippen molar-refractivity contribution in [1.29, 1.82) is 0 Å². The monoisotopic (exact) mass is 838 g/mol. The molecular weight excluding hydrogens is 768 g/mol. The van der Waals surface area contributed by atoms with Crippen LogP contribution in [0.4, 0.5) is 0 Å². The largest absolute Gasteiger partial charge is 0.455 e. The molecule has 13 unspecified atom stereocenters. The number of rotatable bonds is 8. The molecule has 3 saturated heterocycles. The maximum absolute atomic E-state index is 12.3. The van der Waals surface area contributed by atoms with Gasteiger partial charge in [0.05, 0.1) is 48.8 Å². The number of hydrogen-bond acceptors (Lipinski definition) is 15. The predicted octanol–water partition coefficient (Wildman–Crippen LogP) is 2.50. The average molecular weight is 839 g/mol. The Bertz CT molecular complexity index is 1630. The Balaban J connectivity index is 1.13. The molecule has 0 bridgehead atoms. The number of esters is 2. The van der Waals surface area contributed by atoms with Gasteiger partial charge in [0.25, 0.3) is 0 Å². The maximum Gasteiger partial charge on any atom is 0.303 e. The number of fused-ring (bicyclic) bond motifs is 2. The molecule has 0 aromatic carbocycles. The lowest BCUT2D eigenvalue weighted by Crippen LogP contribution is -2.65. The SMILES string of the molecule is CC(=O)OC1C(O)COC(OC2CC[C@]34C[C@]35CC[C@]3(C)C(C6(C)CC[C@@H](C(C)(C)O)O6)[C@@H](O)C[C@@]3(C)C5C[C@H](OC3OCC(O)C(O)C3O)C4C2(C)C)C1OC(C)=O. The minimum absolute atomic E-state index is 0.0659. The quantitative estimate of drug-likeness (QED) is 0.153. The van der Waals surface area contributed by atoms with Crippen LogP contribution in [0.1, 0.15) is 120 Å². The predicted molar refractivity (Wildman–Crippen MR) is 207 cm³/mol. The summed E-state index contributed by atoms with van der Waals surface area (Å²) < 4.78 is 43.5. The highest BCUT2D eigenvalue weighted by atomic mass is 16.7. The molecular formula is C44H70O15. The van der Waals surface area contributed by atoms with Gasteiger partial charge in [-0.2, -0.15) is 0 Å². The highest BCUT2D eigenvalue weighted by Crippen LogP contribution is 2.89. The Morgan fingerprint density at radius 2 is 1.34 bits per heavy atom. The highest BCUT2D eigenvalue weighted by Gasteiger charge is 2.85. The minimum atomic E-state index is -1.49. The van der Waals surface area contributed by atoms with Crippen LogP contribution in [-0.4, -0.2) is 141 Å². The van der Waals surface area contributed by atoms with Crippen molar-refractivity contribution in [3.8, 4) is 0 Å². The first-order valence-electron chi connectivity index (χ1n) is 22.0. The van der Waals surface area contributed by atoms with Crippen molar-refractivity contribution in [3.05, 3.63) is 0 Å². The lowest BCUT2D eigenvalue weighted by atomic mass is 9.41. The molecule has 0 radical (unpaired) electrons. The van der Waals surface area contributed by atoms with Crippen molar-refractivity contribution in [2.45, 2.75) is 205 Å². The van der Waals surface area contributed by atoms with Crippen molar-refractivity contribution < 1.29 is 73.4 Å². The van der Waals surface area contributed by atoms with Crippen LogP contribution in [0.2, 0.25) is 0 Å². The molecule has 336 valence electrons. The molecule has 3 heterocycles. The zero-order chi connectivity index (χ0) is 43.0. The van der Waals surface area contributed by atoms with Crippen LogP contribution in [0, 0.1) is 44.8 Å². The second-order valence-electron chi connectivity index (χ2n) is 21.8. The van der Waals surface area contributed by atoms with Crippen molar-refractivity contribution in [3.63, 3.8) is 0 Å². The van der Waals surface area contributed by atoms with Gasteiger partial charge < -0.3 is 63.8 Å². The average Bonchev–Trinajstić information content (AvgIpc) is 3.49. The molecule has 20 atom stereocenters. The van der Waals surface area contributed by atoms with Gasteiger partial charge in [0, 0.05) is 19.8 Å². The molecule has 15 heteroatoms. The van der Waals surface area contributed by atoms with E-state index in [9.17, 15) is 40.2 Å². The fourth-order valence-corrected chi connectivity index (χ4v) is 15.2. The Hall–Kier alpha value is -1.50. The van der Waals surface area contributed by atoms with Crippen LogP contribution < -0.4 is 0 Å². The Labute approximate surface area is 347 Å². The van der Waals surface area contributed by atoms with E-state index in [1.165, 1.54) is 13.8 Å². The third kappa shape index (κ3) is 6.60. The maximum atomic E-state index is 12.3. The smallest absolute Gasteiger partial charge is 0.303 e. The van der Waals surface area contributed by atoms with Gasteiger partial charge in [-0.15, -0.1) is 0 Å². The lowest BCUT2D eigenvalue weighted by Gasteiger charge is -2.65. The van der Waals surface area contributed by atoms with E-state index >= 15 is 0 Å². The second-order valence-corrected chi connectivity index (χ2v) is 21.8. The molecule has 0 amide bonds. The van der Waals surface area contributed by atoms with Crippen LogP contribution >= 0.6 is 0 Å². The first-order valence-corrected chi connectivity index (χ1v) is 22.0. The molecule has 5 aliphatic carbocycles. The van der Waals surface area contributed by atoms with Crippen molar-refractivity contribution in [2.75, 3.05) is 13.2 Å². The third-order valence-electron chi connectivity index (χ3n) is 17.8. The zero-order valence-electron chi connectivity index (χ0n) is 36.3. The van der Waals surface area contributed by atoms with E-state index in [4.69, 9.17) is 33.2 Å².